The minimum atomic E-state index is -0.284. The summed E-state index contributed by atoms with van der Waals surface area (Å²) >= 11 is 14.9. The molecule has 98 valence electrons. The molecule has 0 aliphatic carbocycles. The summed E-state index contributed by atoms with van der Waals surface area (Å²) in [5, 5.41) is 3.20. The molecule has 0 spiro atoms. The molecule has 1 aromatic heterocycles. The van der Waals surface area contributed by atoms with Crippen LogP contribution >= 0.6 is 39.1 Å². The van der Waals surface area contributed by atoms with Gasteiger partial charge in [0.1, 0.15) is 5.15 Å². The van der Waals surface area contributed by atoms with Crippen LogP contribution in [0.3, 0.4) is 0 Å². The SMILES string of the molecule is Cc1cc(NC(=O)c2cnc(Cl)c(Cl)c2)ccc1Br. The minimum Gasteiger partial charge on any atom is -0.322 e. The lowest BCUT2D eigenvalue weighted by Gasteiger charge is -2.07. The highest BCUT2D eigenvalue weighted by atomic mass is 79.9. The highest BCUT2D eigenvalue weighted by molar-refractivity contribution is 9.10. The first-order chi connectivity index (χ1) is 8.97. The number of pyridine rings is 1. The molecule has 1 amide bonds. The molecule has 6 heteroatoms. The van der Waals surface area contributed by atoms with Crippen LogP contribution in [0.25, 0.3) is 0 Å². The predicted molar refractivity (Wildman–Crippen MR) is 81.1 cm³/mol. The van der Waals surface area contributed by atoms with Crippen LogP contribution in [0.5, 0.6) is 0 Å². The van der Waals surface area contributed by atoms with Crippen LogP contribution in [-0.4, -0.2) is 10.9 Å². The molecule has 0 aliphatic heterocycles. The molecule has 0 unspecified atom stereocenters. The van der Waals surface area contributed by atoms with Gasteiger partial charge in [0, 0.05) is 16.4 Å². The van der Waals surface area contributed by atoms with E-state index in [2.05, 4.69) is 26.2 Å². The average Bonchev–Trinajstić information content (AvgIpc) is 2.37. The Labute approximate surface area is 129 Å². The lowest BCUT2D eigenvalue weighted by atomic mass is 10.2. The van der Waals surface area contributed by atoms with Gasteiger partial charge in [-0.05, 0) is 36.8 Å². The summed E-state index contributed by atoms with van der Waals surface area (Å²) in [4.78, 5) is 15.8. The molecular weight excluding hydrogens is 351 g/mol. The zero-order chi connectivity index (χ0) is 14.0. The summed E-state index contributed by atoms with van der Waals surface area (Å²) < 4.78 is 0.988. The van der Waals surface area contributed by atoms with Crippen LogP contribution in [-0.2, 0) is 0 Å². The number of aromatic nitrogens is 1. The predicted octanol–water partition coefficient (Wildman–Crippen LogP) is 4.71. The van der Waals surface area contributed by atoms with Crippen molar-refractivity contribution in [1.29, 1.82) is 0 Å². The van der Waals surface area contributed by atoms with E-state index < -0.39 is 0 Å². The molecule has 0 atom stereocenters. The van der Waals surface area contributed by atoms with E-state index in [1.807, 2.05) is 19.1 Å². The number of rotatable bonds is 2. The van der Waals surface area contributed by atoms with Crippen molar-refractivity contribution in [3.63, 3.8) is 0 Å². The van der Waals surface area contributed by atoms with E-state index >= 15 is 0 Å². The first-order valence-electron chi connectivity index (χ1n) is 5.36. The zero-order valence-corrected chi connectivity index (χ0v) is 13.0. The highest BCUT2D eigenvalue weighted by Gasteiger charge is 2.09. The number of carbonyl (C=O) groups excluding carboxylic acids is 1. The van der Waals surface area contributed by atoms with Crippen molar-refractivity contribution in [2.24, 2.45) is 0 Å². The number of anilines is 1. The number of nitrogens with zero attached hydrogens (tertiary/aromatic N) is 1. The van der Waals surface area contributed by atoms with Crippen molar-refractivity contribution in [2.45, 2.75) is 6.92 Å². The molecule has 0 bridgehead atoms. The fourth-order valence-electron chi connectivity index (χ4n) is 1.47. The molecule has 2 aromatic rings. The average molecular weight is 360 g/mol. The molecule has 0 fully saturated rings. The maximum Gasteiger partial charge on any atom is 0.257 e. The Hall–Kier alpha value is -1.10. The van der Waals surface area contributed by atoms with Gasteiger partial charge in [-0.1, -0.05) is 39.1 Å². The normalized spacial score (nSPS) is 10.3. The molecule has 2 rings (SSSR count). The van der Waals surface area contributed by atoms with E-state index in [0.29, 0.717) is 11.3 Å². The van der Waals surface area contributed by atoms with Gasteiger partial charge < -0.3 is 5.32 Å². The van der Waals surface area contributed by atoms with E-state index in [1.165, 1.54) is 12.3 Å². The molecule has 0 saturated heterocycles. The van der Waals surface area contributed by atoms with Crippen molar-refractivity contribution in [3.05, 3.63) is 56.2 Å². The van der Waals surface area contributed by atoms with Crippen molar-refractivity contribution >= 4 is 50.7 Å². The largest absolute Gasteiger partial charge is 0.322 e. The van der Waals surface area contributed by atoms with Gasteiger partial charge in [0.2, 0.25) is 0 Å². The van der Waals surface area contributed by atoms with Crippen LogP contribution in [0.15, 0.2) is 34.9 Å². The lowest BCUT2D eigenvalue weighted by Crippen LogP contribution is -2.12. The number of halogens is 3. The van der Waals surface area contributed by atoms with Gasteiger partial charge >= 0.3 is 0 Å². The Balaban J connectivity index is 2.20. The summed E-state index contributed by atoms with van der Waals surface area (Å²) in [5.41, 5.74) is 2.09. The Morgan fingerprint density at radius 3 is 2.68 bits per heavy atom. The van der Waals surface area contributed by atoms with Crippen LogP contribution in [0.1, 0.15) is 15.9 Å². The molecule has 1 heterocycles. The lowest BCUT2D eigenvalue weighted by molar-refractivity contribution is 0.102. The summed E-state index contributed by atoms with van der Waals surface area (Å²) in [5.74, 6) is -0.284. The van der Waals surface area contributed by atoms with Crippen molar-refractivity contribution in [1.82, 2.24) is 4.98 Å². The van der Waals surface area contributed by atoms with Gasteiger partial charge in [0.25, 0.3) is 5.91 Å². The van der Waals surface area contributed by atoms with E-state index in [9.17, 15) is 4.79 Å². The van der Waals surface area contributed by atoms with Gasteiger partial charge in [0.15, 0.2) is 0 Å². The van der Waals surface area contributed by atoms with Crippen LogP contribution in [0.4, 0.5) is 5.69 Å². The summed E-state index contributed by atoms with van der Waals surface area (Å²) in [6.45, 7) is 1.94. The number of benzene rings is 1. The smallest absolute Gasteiger partial charge is 0.257 e. The topological polar surface area (TPSA) is 42.0 Å². The number of aryl methyl sites for hydroxylation is 1. The second-order valence-corrected chi connectivity index (χ2v) is 5.53. The Kier molecular flexibility index (Phi) is 4.45. The minimum absolute atomic E-state index is 0.178. The molecule has 3 nitrogen and oxygen atoms in total. The molecule has 1 N–H and O–H groups in total. The Bertz CT molecular complexity index is 647. The number of nitrogens with one attached hydrogen (secondary N) is 1. The third-order valence-electron chi connectivity index (χ3n) is 2.47. The van der Waals surface area contributed by atoms with Crippen LogP contribution < -0.4 is 5.32 Å². The molecular formula is C13H9BrCl2N2O. The highest BCUT2D eigenvalue weighted by Crippen LogP contribution is 2.22. The molecule has 1 aromatic carbocycles. The van der Waals surface area contributed by atoms with Crippen LogP contribution in [0, 0.1) is 6.92 Å². The number of carbonyl (C=O) groups is 1. The third kappa shape index (κ3) is 3.47. The second-order valence-electron chi connectivity index (χ2n) is 3.91. The third-order valence-corrected chi connectivity index (χ3v) is 4.05. The second kappa shape index (κ2) is 5.90. The number of amides is 1. The first kappa shape index (κ1) is 14.3. The van der Waals surface area contributed by atoms with Gasteiger partial charge in [0.05, 0.1) is 10.6 Å². The van der Waals surface area contributed by atoms with Gasteiger partial charge in [-0.15, -0.1) is 0 Å². The fourth-order valence-corrected chi connectivity index (χ4v) is 1.99. The van der Waals surface area contributed by atoms with Crippen LogP contribution in [0.2, 0.25) is 10.2 Å². The standard InChI is InChI=1S/C13H9BrCl2N2O/c1-7-4-9(2-3-10(7)14)18-13(19)8-5-11(15)12(16)17-6-8/h2-6H,1H3,(H,18,19). The van der Waals surface area contributed by atoms with Gasteiger partial charge in [-0.25, -0.2) is 4.98 Å². The first-order valence-corrected chi connectivity index (χ1v) is 6.91. The molecule has 0 radical (unpaired) electrons. The van der Waals surface area contributed by atoms with E-state index in [1.54, 1.807) is 6.07 Å². The quantitative estimate of drug-likeness (QED) is 0.789. The van der Waals surface area contributed by atoms with Gasteiger partial charge in [-0.2, -0.15) is 0 Å². The molecule has 19 heavy (non-hydrogen) atoms. The number of hydrogen-bond acceptors (Lipinski definition) is 2. The maximum absolute atomic E-state index is 12.0. The molecule has 0 aliphatic rings. The van der Waals surface area contributed by atoms with Crippen molar-refractivity contribution < 1.29 is 4.79 Å². The Morgan fingerprint density at radius 1 is 1.32 bits per heavy atom. The van der Waals surface area contributed by atoms with E-state index in [4.69, 9.17) is 23.2 Å². The fraction of sp³-hybridized carbons (Fsp3) is 0.0769. The monoisotopic (exact) mass is 358 g/mol. The Morgan fingerprint density at radius 2 is 2.05 bits per heavy atom. The number of hydrogen-bond donors (Lipinski definition) is 1. The zero-order valence-electron chi connectivity index (χ0n) is 9.88. The summed E-state index contributed by atoms with van der Waals surface area (Å²) in [7, 11) is 0. The van der Waals surface area contributed by atoms with E-state index in [-0.39, 0.29) is 16.1 Å². The summed E-state index contributed by atoms with van der Waals surface area (Å²) in [6, 6.07) is 7.03. The summed E-state index contributed by atoms with van der Waals surface area (Å²) in [6.07, 6.45) is 1.38. The van der Waals surface area contributed by atoms with Gasteiger partial charge in [-0.3, -0.25) is 4.79 Å². The molecule has 0 saturated carbocycles. The maximum atomic E-state index is 12.0. The van der Waals surface area contributed by atoms with Crippen molar-refractivity contribution in [3.8, 4) is 0 Å². The van der Waals surface area contributed by atoms with E-state index in [0.717, 1.165) is 10.0 Å². The van der Waals surface area contributed by atoms with Crippen molar-refractivity contribution in [2.75, 3.05) is 5.32 Å².